The average Bonchev–Trinajstić information content (AvgIpc) is 2.75. The van der Waals surface area contributed by atoms with Crippen molar-refractivity contribution in [1.82, 2.24) is 5.16 Å². The molecule has 5 heteroatoms. The molecule has 2 rings (SSSR count). The van der Waals surface area contributed by atoms with E-state index >= 15 is 0 Å². The molecule has 2 aromatic rings. The Morgan fingerprint density at radius 1 is 1.33 bits per heavy atom. The topological polar surface area (TPSA) is 61.3 Å². The second-order valence-electron chi connectivity index (χ2n) is 4.34. The van der Waals surface area contributed by atoms with Crippen LogP contribution in [0.3, 0.4) is 0 Å². The summed E-state index contributed by atoms with van der Waals surface area (Å²) in [6.07, 6.45) is 1.61. The highest BCUT2D eigenvalue weighted by Crippen LogP contribution is 2.40. The summed E-state index contributed by atoms with van der Waals surface area (Å²) < 4.78 is 11.1. The number of nitrogens with zero attached hydrogens (tertiary/aromatic N) is 1. The number of ether oxygens (including phenoxy) is 1. The minimum Gasteiger partial charge on any atom is -0.496 e. The number of rotatable bonds is 3. The lowest BCUT2D eigenvalue weighted by molar-refractivity contribution is 0.411. The first-order valence-electron chi connectivity index (χ1n) is 5.62. The van der Waals surface area contributed by atoms with E-state index in [0.717, 1.165) is 21.3 Å². The first-order valence-corrected chi connectivity index (χ1v) is 6.41. The minimum atomic E-state index is 0.304. The fraction of sp³-hybridized carbons (Fsp3) is 0.308. The van der Waals surface area contributed by atoms with Gasteiger partial charge in [-0.3, -0.25) is 0 Å². The van der Waals surface area contributed by atoms with Crippen LogP contribution >= 0.6 is 15.9 Å². The third-order valence-electron chi connectivity index (χ3n) is 2.84. The predicted molar refractivity (Wildman–Crippen MR) is 74.7 cm³/mol. The average molecular weight is 311 g/mol. The fourth-order valence-electron chi connectivity index (χ4n) is 1.75. The summed E-state index contributed by atoms with van der Waals surface area (Å²) in [4.78, 5) is 0. The molecule has 2 N–H and O–H groups in total. The number of hydrogen-bond acceptors (Lipinski definition) is 4. The van der Waals surface area contributed by atoms with Crippen LogP contribution in [-0.2, 0) is 0 Å². The van der Waals surface area contributed by atoms with Gasteiger partial charge >= 0.3 is 0 Å². The molecule has 0 amide bonds. The first kappa shape index (κ1) is 13.0. The highest BCUT2D eigenvalue weighted by Gasteiger charge is 2.16. The summed E-state index contributed by atoms with van der Waals surface area (Å²) in [5.41, 5.74) is 8.63. The van der Waals surface area contributed by atoms with Gasteiger partial charge in [-0.05, 0) is 39.5 Å². The molecule has 18 heavy (non-hydrogen) atoms. The molecule has 0 bridgehead atoms. The van der Waals surface area contributed by atoms with Gasteiger partial charge in [-0.25, -0.2) is 0 Å². The van der Waals surface area contributed by atoms with E-state index in [2.05, 4.69) is 41.0 Å². The largest absolute Gasteiger partial charge is 0.496 e. The van der Waals surface area contributed by atoms with Gasteiger partial charge in [-0.1, -0.05) is 19.0 Å². The van der Waals surface area contributed by atoms with Crippen molar-refractivity contribution in [2.24, 2.45) is 0 Å². The molecule has 1 aromatic carbocycles. The van der Waals surface area contributed by atoms with Gasteiger partial charge in [-0.2, -0.15) is 0 Å². The smallest absolute Gasteiger partial charge is 0.229 e. The second kappa shape index (κ2) is 5.02. The number of aromatic nitrogens is 1. The molecule has 0 aliphatic heterocycles. The van der Waals surface area contributed by atoms with E-state index < -0.39 is 0 Å². The monoisotopic (exact) mass is 310 g/mol. The van der Waals surface area contributed by atoms with Gasteiger partial charge in [0, 0.05) is 5.56 Å². The van der Waals surface area contributed by atoms with Gasteiger partial charge < -0.3 is 15.0 Å². The van der Waals surface area contributed by atoms with Crippen molar-refractivity contribution in [3.8, 4) is 16.9 Å². The van der Waals surface area contributed by atoms with Crippen LogP contribution in [0.1, 0.15) is 25.3 Å². The molecule has 0 fully saturated rings. The molecule has 1 aromatic heterocycles. The molecule has 0 saturated carbocycles. The molecule has 0 radical (unpaired) electrons. The fourth-order valence-corrected chi connectivity index (χ4v) is 2.35. The maximum Gasteiger partial charge on any atom is 0.229 e. The van der Waals surface area contributed by atoms with Crippen molar-refractivity contribution >= 4 is 21.8 Å². The zero-order valence-electron chi connectivity index (χ0n) is 10.5. The number of nitrogen functional groups attached to an aromatic ring is 1. The third kappa shape index (κ3) is 2.22. The van der Waals surface area contributed by atoms with E-state index in [-0.39, 0.29) is 0 Å². The minimum absolute atomic E-state index is 0.304. The van der Waals surface area contributed by atoms with Gasteiger partial charge in [0.05, 0.1) is 23.3 Å². The lowest BCUT2D eigenvalue weighted by Crippen LogP contribution is -1.95. The highest BCUT2D eigenvalue weighted by atomic mass is 79.9. The highest BCUT2D eigenvalue weighted by molar-refractivity contribution is 9.10. The number of nitrogens with two attached hydrogens (primary N) is 1. The van der Waals surface area contributed by atoms with E-state index in [4.69, 9.17) is 15.0 Å². The molecule has 0 atom stereocenters. The summed E-state index contributed by atoms with van der Waals surface area (Å²) >= 11 is 3.53. The Morgan fingerprint density at radius 3 is 2.56 bits per heavy atom. The molecule has 96 valence electrons. The van der Waals surface area contributed by atoms with Crippen molar-refractivity contribution in [3.05, 3.63) is 28.4 Å². The molecular formula is C13H15BrN2O2. The van der Waals surface area contributed by atoms with E-state index in [0.29, 0.717) is 11.8 Å². The van der Waals surface area contributed by atoms with Crippen molar-refractivity contribution < 1.29 is 9.26 Å². The lowest BCUT2D eigenvalue weighted by atomic mass is 9.98. The summed E-state index contributed by atoms with van der Waals surface area (Å²) in [6, 6.07) is 4.09. The van der Waals surface area contributed by atoms with Crippen molar-refractivity contribution in [2.45, 2.75) is 19.8 Å². The number of anilines is 1. The van der Waals surface area contributed by atoms with Crippen molar-refractivity contribution in [1.29, 1.82) is 0 Å². The van der Waals surface area contributed by atoms with Crippen LogP contribution in [0.4, 0.5) is 5.88 Å². The Balaban J connectivity index is 2.66. The Labute approximate surface area is 114 Å². The van der Waals surface area contributed by atoms with Crippen LogP contribution in [0.25, 0.3) is 11.1 Å². The standard InChI is InChI=1S/C13H15BrN2O2/c1-7(2)8-4-9(10-6-16-18-13(10)15)12(14)11(5-8)17-3/h4-7H,15H2,1-3H3. The molecule has 4 nitrogen and oxygen atoms in total. The van der Waals surface area contributed by atoms with E-state index in [9.17, 15) is 0 Å². The summed E-state index contributed by atoms with van der Waals surface area (Å²) in [5.74, 6) is 1.47. The first-order chi connectivity index (χ1) is 8.54. The molecule has 1 heterocycles. The van der Waals surface area contributed by atoms with Crippen LogP contribution in [0, 0.1) is 0 Å². The Bertz CT molecular complexity index is 564. The van der Waals surface area contributed by atoms with Gasteiger partial charge in [0.2, 0.25) is 5.88 Å². The SMILES string of the molecule is COc1cc(C(C)C)cc(-c2cnoc2N)c1Br. The predicted octanol–water partition coefficient (Wildman–Crippen LogP) is 3.82. The lowest BCUT2D eigenvalue weighted by Gasteiger charge is -2.13. The number of methoxy groups -OCH3 is 1. The van der Waals surface area contributed by atoms with Crippen molar-refractivity contribution in [3.63, 3.8) is 0 Å². The molecule has 0 aliphatic rings. The second-order valence-corrected chi connectivity index (χ2v) is 5.14. The maximum atomic E-state index is 5.77. The van der Waals surface area contributed by atoms with E-state index in [1.807, 2.05) is 6.07 Å². The van der Waals surface area contributed by atoms with Gasteiger partial charge in [0.15, 0.2) is 0 Å². The zero-order chi connectivity index (χ0) is 13.3. The van der Waals surface area contributed by atoms with E-state index in [1.54, 1.807) is 13.3 Å². The van der Waals surface area contributed by atoms with Gasteiger partial charge in [0.25, 0.3) is 0 Å². The molecule has 0 spiro atoms. The van der Waals surface area contributed by atoms with Gasteiger partial charge in [0.1, 0.15) is 5.75 Å². The summed E-state index contributed by atoms with van der Waals surface area (Å²) in [6.45, 7) is 4.26. The zero-order valence-corrected chi connectivity index (χ0v) is 12.1. The Kier molecular flexibility index (Phi) is 3.61. The summed E-state index contributed by atoms with van der Waals surface area (Å²) in [7, 11) is 1.64. The summed E-state index contributed by atoms with van der Waals surface area (Å²) in [5, 5.41) is 3.71. The normalized spacial score (nSPS) is 10.9. The number of hydrogen-bond donors (Lipinski definition) is 1. The van der Waals surface area contributed by atoms with Crippen LogP contribution < -0.4 is 10.5 Å². The maximum absolute atomic E-state index is 5.77. The molecule has 0 saturated heterocycles. The van der Waals surface area contributed by atoms with Gasteiger partial charge in [-0.15, -0.1) is 0 Å². The van der Waals surface area contributed by atoms with E-state index in [1.165, 1.54) is 5.56 Å². The molecule has 0 aliphatic carbocycles. The van der Waals surface area contributed by atoms with Crippen LogP contribution in [-0.4, -0.2) is 12.3 Å². The van der Waals surface area contributed by atoms with Crippen LogP contribution in [0.2, 0.25) is 0 Å². The Morgan fingerprint density at radius 2 is 2.06 bits per heavy atom. The van der Waals surface area contributed by atoms with Crippen LogP contribution in [0.5, 0.6) is 5.75 Å². The number of benzene rings is 1. The number of halogens is 1. The third-order valence-corrected chi connectivity index (χ3v) is 3.65. The Hall–Kier alpha value is -1.49. The van der Waals surface area contributed by atoms with Crippen molar-refractivity contribution in [2.75, 3.05) is 12.8 Å². The molecular weight excluding hydrogens is 296 g/mol. The molecule has 0 unspecified atom stereocenters. The quantitative estimate of drug-likeness (QED) is 0.936. The van der Waals surface area contributed by atoms with Crippen LogP contribution in [0.15, 0.2) is 27.3 Å².